The number of carbonyl (C=O) groups excluding carboxylic acids is 1. The molecule has 4 bridgehead atoms. The van der Waals surface area contributed by atoms with Crippen LogP contribution in [0.15, 0.2) is 29.2 Å². The molecule has 1 aromatic rings. The number of sulfonamides is 1. The molecule has 6 rings (SSSR count). The number of benzene rings is 1. The Morgan fingerprint density at radius 1 is 1.10 bits per heavy atom. The van der Waals surface area contributed by atoms with Gasteiger partial charge in [-0.15, -0.1) is 0 Å². The highest BCUT2D eigenvalue weighted by Crippen LogP contribution is 2.60. The van der Waals surface area contributed by atoms with E-state index in [0.717, 1.165) is 55.4 Å². The van der Waals surface area contributed by atoms with E-state index in [2.05, 4.69) is 5.32 Å². The van der Waals surface area contributed by atoms with E-state index < -0.39 is 10.0 Å². The van der Waals surface area contributed by atoms with E-state index >= 15 is 0 Å². The fourth-order valence-electron chi connectivity index (χ4n) is 7.21. The van der Waals surface area contributed by atoms with Gasteiger partial charge in [-0.05, 0) is 93.6 Å². The van der Waals surface area contributed by atoms with Gasteiger partial charge in [-0.1, -0.05) is 18.2 Å². The van der Waals surface area contributed by atoms with E-state index in [1.54, 1.807) is 16.4 Å². The van der Waals surface area contributed by atoms with Crippen LogP contribution in [0.2, 0.25) is 0 Å². The average molecular weight is 431 g/mol. The molecule has 1 heterocycles. The van der Waals surface area contributed by atoms with Crippen molar-refractivity contribution in [2.75, 3.05) is 19.6 Å². The smallest absolute Gasteiger partial charge is 0.243 e. The standard InChI is InChI=1S/C24H34N2O3S/c1-17-5-2-3-7-22(17)30(28,29)26-8-4-6-18(16-26)15-25-23(27)24-12-19-9-20(13-24)11-21(10-19)14-24/h2-3,5,7,18-21H,4,6,8-16H2,1H3,(H,25,27). The highest BCUT2D eigenvalue weighted by atomic mass is 32.2. The monoisotopic (exact) mass is 430 g/mol. The van der Waals surface area contributed by atoms with Gasteiger partial charge in [0.1, 0.15) is 0 Å². The van der Waals surface area contributed by atoms with Crippen molar-refractivity contribution in [1.29, 1.82) is 0 Å². The third-order valence-corrected chi connectivity index (χ3v) is 10.3. The van der Waals surface area contributed by atoms with Crippen molar-refractivity contribution in [3.8, 4) is 0 Å². The summed E-state index contributed by atoms with van der Waals surface area (Å²) in [5.41, 5.74) is 0.658. The normalized spacial score (nSPS) is 36.0. The molecule has 5 aliphatic rings. The van der Waals surface area contributed by atoms with E-state index in [1.165, 1.54) is 19.3 Å². The molecule has 1 N–H and O–H groups in total. The molecule has 0 spiro atoms. The van der Waals surface area contributed by atoms with Gasteiger partial charge in [-0.3, -0.25) is 4.79 Å². The van der Waals surface area contributed by atoms with Crippen molar-refractivity contribution in [3.05, 3.63) is 29.8 Å². The highest BCUT2D eigenvalue weighted by Gasteiger charge is 2.54. The summed E-state index contributed by atoms with van der Waals surface area (Å²) < 4.78 is 27.9. The Hall–Kier alpha value is -1.40. The molecule has 4 aliphatic carbocycles. The van der Waals surface area contributed by atoms with Crippen LogP contribution in [0.4, 0.5) is 0 Å². The zero-order valence-corrected chi connectivity index (χ0v) is 18.8. The Bertz CT molecular complexity index is 891. The van der Waals surface area contributed by atoms with Crippen LogP contribution in [0.3, 0.4) is 0 Å². The van der Waals surface area contributed by atoms with Crippen molar-refractivity contribution < 1.29 is 13.2 Å². The molecule has 1 unspecified atom stereocenters. The summed E-state index contributed by atoms with van der Waals surface area (Å²) in [6.07, 6.45) is 9.04. The van der Waals surface area contributed by atoms with Crippen LogP contribution in [-0.2, 0) is 14.8 Å². The lowest BCUT2D eigenvalue weighted by Gasteiger charge is -2.55. The Morgan fingerprint density at radius 3 is 2.37 bits per heavy atom. The largest absolute Gasteiger partial charge is 0.355 e. The summed E-state index contributed by atoms with van der Waals surface area (Å²) in [4.78, 5) is 13.6. The first-order valence-electron chi connectivity index (χ1n) is 11.7. The zero-order chi connectivity index (χ0) is 20.9. The summed E-state index contributed by atoms with van der Waals surface area (Å²) in [5.74, 6) is 2.71. The molecule has 0 radical (unpaired) electrons. The second-order valence-electron chi connectivity index (χ2n) is 10.5. The average Bonchev–Trinajstić information content (AvgIpc) is 2.71. The maximum atomic E-state index is 13.2. The number of piperidine rings is 1. The first-order chi connectivity index (χ1) is 14.4. The quantitative estimate of drug-likeness (QED) is 0.774. The van der Waals surface area contributed by atoms with Crippen molar-refractivity contribution in [2.24, 2.45) is 29.1 Å². The lowest BCUT2D eigenvalue weighted by atomic mass is 9.49. The van der Waals surface area contributed by atoms with Crippen LogP contribution < -0.4 is 5.32 Å². The third kappa shape index (κ3) is 3.60. The molecule has 0 aromatic heterocycles. The summed E-state index contributed by atoms with van der Waals surface area (Å²) in [7, 11) is -3.48. The second-order valence-corrected chi connectivity index (χ2v) is 12.5. The number of hydrogen-bond acceptors (Lipinski definition) is 3. The first-order valence-corrected chi connectivity index (χ1v) is 13.1. The molecule has 164 valence electrons. The summed E-state index contributed by atoms with van der Waals surface area (Å²) in [6, 6.07) is 7.20. The number of carbonyl (C=O) groups is 1. The fraction of sp³-hybridized carbons (Fsp3) is 0.708. The highest BCUT2D eigenvalue weighted by molar-refractivity contribution is 7.89. The molecular formula is C24H34N2O3S. The Balaban J connectivity index is 1.22. The topological polar surface area (TPSA) is 66.5 Å². The number of rotatable bonds is 5. The van der Waals surface area contributed by atoms with E-state index in [-0.39, 0.29) is 17.2 Å². The number of amides is 1. The van der Waals surface area contributed by atoms with Gasteiger partial charge < -0.3 is 5.32 Å². The minimum absolute atomic E-state index is 0.129. The Labute approximate surface area is 180 Å². The number of hydrogen-bond donors (Lipinski definition) is 1. The predicted molar refractivity (Wildman–Crippen MR) is 116 cm³/mol. The van der Waals surface area contributed by atoms with Gasteiger partial charge in [0.25, 0.3) is 0 Å². The van der Waals surface area contributed by atoms with Gasteiger partial charge in [0.15, 0.2) is 0 Å². The molecule has 4 saturated carbocycles. The van der Waals surface area contributed by atoms with Crippen molar-refractivity contribution in [2.45, 2.75) is 63.2 Å². The molecule has 30 heavy (non-hydrogen) atoms. The molecule has 5 nitrogen and oxygen atoms in total. The molecule has 1 atom stereocenters. The van der Waals surface area contributed by atoms with Crippen LogP contribution in [-0.4, -0.2) is 38.3 Å². The Morgan fingerprint density at radius 2 is 1.73 bits per heavy atom. The molecule has 1 saturated heterocycles. The van der Waals surface area contributed by atoms with Crippen molar-refractivity contribution >= 4 is 15.9 Å². The van der Waals surface area contributed by atoms with Crippen LogP contribution in [0.25, 0.3) is 0 Å². The maximum Gasteiger partial charge on any atom is 0.243 e. The van der Waals surface area contributed by atoms with Crippen LogP contribution in [0.5, 0.6) is 0 Å². The number of nitrogens with zero attached hydrogens (tertiary/aromatic N) is 1. The van der Waals surface area contributed by atoms with Gasteiger partial charge in [0, 0.05) is 25.0 Å². The molecule has 6 heteroatoms. The number of aryl methyl sites for hydroxylation is 1. The summed E-state index contributed by atoms with van der Waals surface area (Å²) in [5, 5.41) is 3.27. The summed E-state index contributed by atoms with van der Waals surface area (Å²) >= 11 is 0. The molecule has 5 fully saturated rings. The van der Waals surface area contributed by atoms with Crippen LogP contribution in [0, 0.1) is 36.0 Å². The molecule has 1 aromatic carbocycles. The van der Waals surface area contributed by atoms with E-state index in [0.29, 0.717) is 24.5 Å². The van der Waals surface area contributed by atoms with E-state index in [9.17, 15) is 13.2 Å². The second kappa shape index (κ2) is 7.63. The Kier molecular flexibility index (Phi) is 5.21. The molecule has 1 amide bonds. The van der Waals surface area contributed by atoms with E-state index in [4.69, 9.17) is 0 Å². The minimum atomic E-state index is -3.48. The van der Waals surface area contributed by atoms with Gasteiger partial charge >= 0.3 is 0 Å². The van der Waals surface area contributed by atoms with Gasteiger partial charge in [0.2, 0.25) is 15.9 Å². The zero-order valence-electron chi connectivity index (χ0n) is 18.0. The number of nitrogens with one attached hydrogen (secondary N) is 1. The molecular weight excluding hydrogens is 396 g/mol. The van der Waals surface area contributed by atoms with Gasteiger partial charge in [-0.25, -0.2) is 8.42 Å². The lowest BCUT2D eigenvalue weighted by molar-refractivity contribution is -0.146. The molecule has 1 aliphatic heterocycles. The lowest BCUT2D eigenvalue weighted by Crippen LogP contribution is -2.54. The third-order valence-electron chi connectivity index (χ3n) is 8.26. The predicted octanol–water partition coefficient (Wildman–Crippen LogP) is 3.73. The fourth-order valence-corrected chi connectivity index (χ4v) is 8.99. The van der Waals surface area contributed by atoms with Crippen LogP contribution in [0.1, 0.15) is 56.9 Å². The SMILES string of the molecule is Cc1ccccc1S(=O)(=O)N1CCCC(CNC(=O)C23CC4CC(CC(C4)C2)C3)C1. The van der Waals surface area contributed by atoms with E-state index in [1.807, 2.05) is 19.1 Å². The van der Waals surface area contributed by atoms with Crippen molar-refractivity contribution in [3.63, 3.8) is 0 Å². The van der Waals surface area contributed by atoms with Crippen molar-refractivity contribution in [1.82, 2.24) is 9.62 Å². The minimum Gasteiger partial charge on any atom is -0.355 e. The first kappa shape index (κ1) is 20.5. The van der Waals surface area contributed by atoms with Gasteiger partial charge in [0.05, 0.1) is 4.90 Å². The maximum absolute atomic E-state index is 13.2. The summed E-state index contributed by atoms with van der Waals surface area (Å²) in [6.45, 7) is 3.51. The van der Waals surface area contributed by atoms with Crippen LogP contribution >= 0.6 is 0 Å². The van der Waals surface area contributed by atoms with Gasteiger partial charge in [-0.2, -0.15) is 4.31 Å².